The number of nitrogens with zero attached hydrogens (tertiary/aromatic N) is 6. The summed E-state index contributed by atoms with van der Waals surface area (Å²) in [6.07, 6.45) is 9.49. The van der Waals surface area contributed by atoms with Crippen LogP contribution in [0.1, 0.15) is 12.7 Å². The van der Waals surface area contributed by atoms with Gasteiger partial charge in [0.1, 0.15) is 17.5 Å². The van der Waals surface area contributed by atoms with E-state index in [0.717, 1.165) is 29.6 Å². The maximum atomic E-state index is 4.47. The molecular formula is C16H20N6. The first-order chi connectivity index (χ1) is 10.7. The van der Waals surface area contributed by atoms with Gasteiger partial charge in [-0.3, -0.25) is 0 Å². The van der Waals surface area contributed by atoms with Crippen LogP contribution >= 0.6 is 0 Å². The second-order valence-corrected chi connectivity index (χ2v) is 5.31. The third-order valence-corrected chi connectivity index (χ3v) is 3.63. The summed E-state index contributed by atoms with van der Waals surface area (Å²) in [5.41, 5.74) is 1.00. The van der Waals surface area contributed by atoms with Gasteiger partial charge in [0.15, 0.2) is 0 Å². The highest BCUT2D eigenvalue weighted by atomic mass is 15.1. The smallest absolute Gasteiger partial charge is 0.141 e. The Bertz CT molecular complexity index is 738. The van der Waals surface area contributed by atoms with Gasteiger partial charge in [-0.15, -0.1) is 0 Å². The van der Waals surface area contributed by atoms with Crippen LogP contribution in [0.3, 0.4) is 0 Å². The molecule has 0 aliphatic carbocycles. The van der Waals surface area contributed by atoms with Gasteiger partial charge in [-0.05, 0) is 19.1 Å². The summed E-state index contributed by atoms with van der Waals surface area (Å²) < 4.78 is 4.23. The summed E-state index contributed by atoms with van der Waals surface area (Å²) in [5, 5.41) is 0. The van der Waals surface area contributed by atoms with Crippen LogP contribution < -0.4 is 4.90 Å². The van der Waals surface area contributed by atoms with Crippen LogP contribution in [-0.4, -0.2) is 38.2 Å². The van der Waals surface area contributed by atoms with Crippen molar-refractivity contribution in [2.75, 3.05) is 19.0 Å². The largest absolute Gasteiger partial charge is 0.363 e. The number of hydrogen-bond acceptors (Lipinski definition) is 4. The zero-order valence-corrected chi connectivity index (χ0v) is 13.1. The molecule has 0 bridgehead atoms. The van der Waals surface area contributed by atoms with Crippen molar-refractivity contribution in [1.82, 2.24) is 24.1 Å². The van der Waals surface area contributed by atoms with Gasteiger partial charge < -0.3 is 14.0 Å². The molecular weight excluding hydrogens is 276 g/mol. The predicted octanol–water partition coefficient (Wildman–Crippen LogP) is 2.28. The van der Waals surface area contributed by atoms with Gasteiger partial charge in [0, 0.05) is 57.2 Å². The van der Waals surface area contributed by atoms with Gasteiger partial charge in [-0.1, -0.05) is 0 Å². The molecule has 0 fully saturated rings. The predicted molar refractivity (Wildman–Crippen MR) is 86.8 cm³/mol. The molecule has 0 aliphatic heterocycles. The van der Waals surface area contributed by atoms with Crippen molar-refractivity contribution in [3.05, 3.63) is 48.9 Å². The molecule has 0 saturated heterocycles. The molecule has 6 nitrogen and oxygen atoms in total. The van der Waals surface area contributed by atoms with Gasteiger partial charge >= 0.3 is 0 Å². The minimum absolute atomic E-state index is 0.700. The summed E-state index contributed by atoms with van der Waals surface area (Å²) in [4.78, 5) is 15.3. The van der Waals surface area contributed by atoms with E-state index < -0.39 is 0 Å². The topological polar surface area (TPSA) is 51.8 Å². The van der Waals surface area contributed by atoms with Gasteiger partial charge in [0.05, 0.1) is 6.54 Å². The first-order valence-corrected chi connectivity index (χ1v) is 7.34. The van der Waals surface area contributed by atoms with Crippen LogP contribution in [0.25, 0.3) is 11.4 Å². The van der Waals surface area contributed by atoms with Crippen molar-refractivity contribution in [2.45, 2.75) is 20.0 Å². The summed E-state index contributed by atoms with van der Waals surface area (Å²) in [6, 6.07) is 4.05. The molecule has 22 heavy (non-hydrogen) atoms. The van der Waals surface area contributed by atoms with E-state index in [2.05, 4.69) is 31.0 Å². The number of pyridine rings is 1. The fraction of sp³-hybridized carbons (Fsp3) is 0.312. The summed E-state index contributed by atoms with van der Waals surface area (Å²) >= 11 is 0. The van der Waals surface area contributed by atoms with Crippen molar-refractivity contribution >= 4 is 5.82 Å². The van der Waals surface area contributed by atoms with E-state index in [1.54, 1.807) is 0 Å². The number of imidazole rings is 2. The molecule has 6 heteroatoms. The average molecular weight is 296 g/mol. The first kappa shape index (κ1) is 14.3. The van der Waals surface area contributed by atoms with E-state index in [0.29, 0.717) is 6.54 Å². The molecule has 0 spiro atoms. The second-order valence-electron chi connectivity index (χ2n) is 5.31. The Morgan fingerprint density at radius 3 is 2.45 bits per heavy atom. The van der Waals surface area contributed by atoms with Crippen LogP contribution in [0.15, 0.2) is 43.1 Å². The van der Waals surface area contributed by atoms with Crippen molar-refractivity contribution < 1.29 is 0 Å². The minimum atomic E-state index is 0.700. The molecule has 3 aromatic rings. The fourth-order valence-corrected chi connectivity index (χ4v) is 2.41. The molecule has 0 atom stereocenters. The first-order valence-electron chi connectivity index (χ1n) is 7.34. The van der Waals surface area contributed by atoms with Crippen molar-refractivity contribution in [1.29, 1.82) is 0 Å². The Labute approximate surface area is 130 Å². The van der Waals surface area contributed by atoms with E-state index in [9.17, 15) is 0 Å². The minimum Gasteiger partial charge on any atom is -0.363 e. The van der Waals surface area contributed by atoms with Crippen LogP contribution in [-0.2, 0) is 13.1 Å². The number of aryl methyl sites for hydroxylation is 1. The lowest BCUT2D eigenvalue weighted by Gasteiger charge is -2.12. The van der Waals surface area contributed by atoms with Crippen LogP contribution in [0, 0.1) is 0 Å². The van der Waals surface area contributed by atoms with Crippen LogP contribution in [0.4, 0.5) is 5.82 Å². The molecule has 0 saturated carbocycles. The van der Waals surface area contributed by atoms with E-state index in [1.807, 2.05) is 62.1 Å². The van der Waals surface area contributed by atoms with Crippen molar-refractivity contribution in [3.8, 4) is 11.4 Å². The zero-order valence-electron chi connectivity index (χ0n) is 13.1. The van der Waals surface area contributed by atoms with Crippen molar-refractivity contribution in [2.24, 2.45) is 0 Å². The summed E-state index contributed by atoms with van der Waals surface area (Å²) in [7, 11) is 3.96. The van der Waals surface area contributed by atoms with Gasteiger partial charge in [-0.25, -0.2) is 15.0 Å². The maximum Gasteiger partial charge on any atom is 0.141 e. The summed E-state index contributed by atoms with van der Waals surface area (Å²) in [5.74, 6) is 2.87. The van der Waals surface area contributed by atoms with Gasteiger partial charge in [-0.2, -0.15) is 0 Å². The molecule has 3 aromatic heterocycles. The Morgan fingerprint density at radius 2 is 1.77 bits per heavy atom. The fourth-order valence-electron chi connectivity index (χ4n) is 2.41. The molecule has 3 heterocycles. The number of aromatic nitrogens is 5. The van der Waals surface area contributed by atoms with Gasteiger partial charge in [0.2, 0.25) is 0 Å². The molecule has 0 aromatic carbocycles. The number of rotatable bonds is 5. The Morgan fingerprint density at radius 1 is 1.00 bits per heavy atom. The Hall–Kier alpha value is -2.63. The molecule has 0 amide bonds. The quantitative estimate of drug-likeness (QED) is 0.725. The Kier molecular flexibility index (Phi) is 3.91. The lowest BCUT2D eigenvalue weighted by Crippen LogP contribution is -2.10. The second kappa shape index (κ2) is 6.01. The molecule has 0 radical (unpaired) electrons. The molecule has 3 rings (SSSR count). The van der Waals surface area contributed by atoms with Crippen molar-refractivity contribution in [3.63, 3.8) is 0 Å². The molecule has 0 aliphatic rings. The van der Waals surface area contributed by atoms with Gasteiger partial charge in [0.25, 0.3) is 0 Å². The Balaban J connectivity index is 1.88. The van der Waals surface area contributed by atoms with Crippen LogP contribution in [0.5, 0.6) is 0 Å². The van der Waals surface area contributed by atoms with Crippen LogP contribution in [0.2, 0.25) is 0 Å². The number of hydrogen-bond donors (Lipinski definition) is 0. The average Bonchev–Trinajstić information content (AvgIpc) is 3.17. The highest BCUT2D eigenvalue weighted by molar-refractivity contribution is 5.56. The molecule has 0 N–H and O–H groups in total. The molecule has 0 unspecified atom stereocenters. The monoisotopic (exact) mass is 296 g/mol. The zero-order chi connectivity index (χ0) is 15.5. The standard InChI is InChI=1S/C16H20N6/c1-4-21-9-7-17-15(21)12-22-10-8-18-16(22)13-5-6-14(19-11-13)20(2)3/h5-11H,4,12H2,1-3H3. The highest BCUT2D eigenvalue weighted by Crippen LogP contribution is 2.19. The van der Waals surface area contributed by atoms with E-state index in [-0.39, 0.29) is 0 Å². The SMILES string of the molecule is CCn1ccnc1Cn1ccnc1-c1ccc(N(C)C)nc1. The van der Waals surface area contributed by atoms with E-state index >= 15 is 0 Å². The molecule has 114 valence electrons. The number of anilines is 1. The normalized spacial score (nSPS) is 10.9. The third-order valence-electron chi connectivity index (χ3n) is 3.63. The summed E-state index contributed by atoms with van der Waals surface area (Å²) in [6.45, 7) is 3.73. The van der Waals surface area contributed by atoms with E-state index in [4.69, 9.17) is 0 Å². The lowest BCUT2D eigenvalue weighted by atomic mass is 10.2. The lowest BCUT2D eigenvalue weighted by molar-refractivity contribution is 0.654. The highest BCUT2D eigenvalue weighted by Gasteiger charge is 2.10. The third kappa shape index (κ3) is 2.72. The maximum absolute atomic E-state index is 4.47. The van der Waals surface area contributed by atoms with E-state index in [1.165, 1.54) is 0 Å².